The van der Waals surface area contributed by atoms with Crippen molar-refractivity contribution in [2.45, 2.75) is 23.8 Å². The van der Waals surface area contributed by atoms with Crippen molar-refractivity contribution in [1.82, 2.24) is 9.03 Å². The van der Waals surface area contributed by atoms with Crippen LogP contribution >= 0.6 is 0 Å². The maximum Gasteiger partial charge on any atom is 0.240 e. The highest BCUT2D eigenvalue weighted by atomic mass is 32.2. The molecule has 6 nitrogen and oxygen atoms in total. The fourth-order valence-electron chi connectivity index (χ4n) is 2.19. The Morgan fingerprint density at radius 1 is 1.05 bits per heavy atom. The summed E-state index contributed by atoms with van der Waals surface area (Å²) in [4.78, 5) is 0.227. The molecular weight excluding hydrogens is 300 g/mol. The Morgan fingerprint density at radius 3 is 2.10 bits per heavy atom. The Bertz CT molecular complexity index is 648. The number of nitrogens with zero attached hydrogens (tertiary/aromatic N) is 1. The van der Waals surface area contributed by atoms with Crippen LogP contribution in [0, 0.1) is 0 Å². The molecule has 0 atom stereocenters. The van der Waals surface area contributed by atoms with Crippen LogP contribution in [0.15, 0.2) is 35.2 Å². The third-order valence-electron chi connectivity index (χ3n) is 3.30. The molecule has 1 N–H and O–H groups in total. The minimum absolute atomic E-state index is 0.224. The average molecular weight is 318 g/mol. The third-order valence-corrected chi connectivity index (χ3v) is 6.14. The fourth-order valence-corrected chi connectivity index (χ4v) is 4.39. The van der Waals surface area contributed by atoms with Crippen molar-refractivity contribution in [1.29, 1.82) is 0 Å². The van der Waals surface area contributed by atoms with Crippen molar-refractivity contribution < 1.29 is 16.8 Å². The van der Waals surface area contributed by atoms with E-state index < -0.39 is 20.0 Å². The quantitative estimate of drug-likeness (QED) is 0.870. The molecule has 0 unspecified atom stereocenters. The summed E-state index contributed by atoms with van der Waals surface area (Å²) in [6, 6.07) is 7.94. The van der Waals surface area contributed by atoms with Gasteiger partial charge in [-0.2, -0.15) is 0 Å². The Labute approximate surface area is 119 Å². The van der Waals surface area contributed by atoms with E-state index in [1.54, 1.807) is 18.2 Å². The molecule has 0 saturated carbocycles. The first kappa shape index (κ1) is 15.4. The molecule has 0 aliphatic carbocycles. The second kappa shape index (κ2) is 5.80. The van der Waals surface area contributed by atoms with Crippen LogP contribution < -0.4 is 4.72 Å². The number of hydrogen-bond acceptors (Lipinski definition) is 4. The van der Waals surface area contributed by atoms with E-state index in [4.69, 9.17) is 0 Å². The first-order valence-electron chi connectivity index (χ1n) is 6.31. The first-order valence-corrected chi connectivity index (χ1v) is 9.65. The number of nitrogens with one attached hydrogen (secondary N) is 1. The molecule has 1 aromatic rings. The van der Waals surface area contributed by atoms with Gasteiger partial charge in [-0.1, -0.05) is 18.2 Å². The maximum atomic E-state index is 12.1. The van der Waals surface area contributed by atoms with E-state index in [0.29, 0.717) is 25.9 Å². The lowest BCUT2D eigenvalue weighted by Gasteiger charge is -2.30. The predicted molar refractivity (Wildman–Crippen MR) is 76.2 cm³/mol. The number of sulfonamides is 2. The molecular formula is C12H18N2O4S2. The zero-order chi connectivity index (χ0) is 14.8. The summed E-state index contributed by atoms with van der Waals surface area (Å²) in [5, 5.41) is 0. The van der Waals surface area contributed by atoms with Crippen molar-refractivity contribution in [3.05, 3.63) is 30.3 Å². The van der Waals surface area contributed by atoms with Gasteiger partial charge in [0.25, 0.3) is 0 Å². The van der Waals surface area contributed by atoms with Gasteiger partial charge in [-0.05, 0) is 25.0 Å². The smallest absolute Gasteiger partial charge is 0.213 e. The molecule has 2 rings (SSSR count). The molecule has 0 aromatic heterocycles. The normalized spacial score (nSPS) is 19.1. The Kier molecular flexibility index (Phi) is 4.48. The summed E-state index contributed by atoms with van der Waals surface area (Å²) >= 11 is 0. The van der Waals surface area contributed by atoms with Gasteiger partial charge in [-0.3, -0.25) is 0 Å². The largest absolute Gasteiger partial charge is 0.240 e. The lowest BCUT2D eigenvalue weighted by Crippen LogP contribution is -2.46. The number of benzene rings is 1. The van der Waals surface area contributed by atoms with Crippen LogP contribution in [-0.4, -0.2) is 46.5 Å². The average Bonchev–Trinajstić information content (AvgIpc) is 2.39. The van der Waals surface area contributed by atoms with Gasteiger partial charge in [0.2, 0.25) is 20.0 Å². The van der Waals surface area contributed by atoms with Crippen LogP contribution in [0.25, 0.3) is 0 Å². The summed E-state index contributed by atoms with van der Waals surface area (Å²) in [5.74, 6) is 0. The predicted octanol–water partition coefficient (Wildman–Crippen LogP) is 0.389. The molecule has 1 heterocycles. The minimum atomic E-state index is -3.53. The molecule has 1 aromatic carbocycles. The van der Waals surface area contributed by atoms with Crippen molar-refractivity contribution in [3.8, 4) is 0 Å². The second-order valence-corrected chi connectivity index (χ2v) is 8.57. The van der Waals surface area contributed by atoms with E-state index in [0.717, 1.165) is 0 Å². The van der Waals surface area contributed by atoms with Crippen LogP contribution in [-0.2, 0) is 20.0 Å². The molecule has 1 saturated heterocycles. The molecule has 8 heteroatoms. The van der Waals surface area contributed by atoms with Gasteiger partial charge in [0.1, 0.15) is 0 Å². The lowest BCUT2D eigenvalue weighted by atomic mass is 10.1. The van der Waals surface area contributed by atoms with Gasteiger partial charge < -0.3 is 0 Å². The summed E-state index contributed by atoms with van der Waals surface area (Å²) in [5.41, 5.74) is 0. The topological polar surface area (TPSA) is 83.6 Å². The van der Waals surface area contributed by atoms with Crippen LogP contribution in [0.1, 0.15) is 12.8 Å². The zero-order valence-electron chi connectivity index (χ0n) is 11.2. The number of hydrogen-bond donors (Lipinski definition) is 1. The van der Waals surface area contributed by atoms with E-state index in [9.17, 15) is 16.8 Å². The van der Waals surface area contributed by atoms with Gasteiger partial charge in [0, 0.05) is 19.1 Å². The second-order valence-electron chi connectivity index (χ2n) is 4.87. The molecule has 0 bridgehead atoms. The Hall–Kier alpha value is -0.960. The molecule has 0 amide bonds. The highest BCUT2D eigenvalue weighted by Crippen LogP contribution is 2.16. The molecule has 112 valence electrons. The van der Waals surface area contributed by atoms with Gasteiger partial charge in [0.05, 0.1) is 11.2 Å². The maximum absolute atomic E-state index is 12.1. The summed E-state index contributed by atoms with van der Waals surface area (Å²) in [7, 11) is -6.72. The highest BCUT2D eigenvalue weighted by molar-refractivity contribution is 7.89. The Balaban J connectivity index is 2.00. The van der Waals surface area contributed by atoms with Crippen LogP contribution in [0.3, 0.4) is 0 Å². The van der Waals surface area contributed by atoms with Crippen LogP contribution in [0.5, 0.6) is 0 Å². The summed E-state index contributed by atoms with van der Waals surface area (Å²) in [6.45, 7) is 0.696. The van der Waals surface area contributed by atoms with Crippen molar-refractivity contribution >= 4 is 20.0 Å². The van der Waals surface area contributed by atoms with Crippen molar-refractivity contribution in [3.63, 3.8) is 0 Å². The van der Waals surface area contributed by atoms with Crippen LogP contribution in [0.4, 0.5) is 0 Å². The van der Waals surface area contributed by atoms with E-state index in [1.165, 1.54) is 22.7 Å². The van der Waals surface area contributed by atoms with E-state index in [2.05, 4.69) is 4.72 Å². The van der Waals surface area contributed by atoms with Gasteiger partial charge in [0.15, 0.2) is 0 Å². The highest BCUT2D eigenvalue weighted by Gasteiger charge is 2.27. The molecule has 0 radical (unpaired) electrons. The molecule has 1 aliphatic heterocycles. The van der Waals surface area contributed by atoms with Crippen molar-refractivity contribution in [2.24, 2.45) is 0 Å². The molecule has 20 heavy (non-hydrogen) atoms. The van der Waals surface area contributed by atoms with E-state index in [-0.39, 0.29) is 10.9 Å². The monoisotopic (exact) mass is 318 g/mol. The molecule has 0 spiro atoms. The SMILES string of the molecule is CS(=O)(=O)N1CCC(NS(=O)(=O)c2ccccc2)CC1. The van der Waals surface area contributed by atoms with Crippen LogP contribution in [0.2, 0.25) is 0 Å². The van der Waals surface area contributed by atoms with Gasteiger partial charge >= 0.3 is 0 Å². The Morgan fingerprint density at radius 2 is 1.60 bits per heavy atom. The standard InChI is InChI=1S/C12H18N2O4S2/c1-19(15,16)14-9-7-11(8-10-14)13-20(17,18)12-5-3-2-4-6-12/h2-6,11,13H,7-10H2,1H3. The minimum Gasteiger partial charge on any atom is -0.213 e. The van der Waals surface area contributed by atoms with Gasteiger partial charge in [-0.25, -0.2) is 25.9 Å². The molecule has 1 aliphatic rings. The number of rotatable bonds is 4. The zero-order valence-corrected chi connectivity index (χ0v) is 12.8. The summed E-state index contributed by atoms with van der Waals surface area (Å²) in [6.07, 6.45) is 2.14. The van der Waals surface area contributed by atoms with Gasteiger partial charge in [-0.15, -0.1) is 0 Å². The lowest BCUT2D eigenvalue weighted by molar-refractivity contribution is 0.310. The van der Waals surface area contributed by atoms with E-state index in [1.807, 2.05) is 0 Å². The number of piperidine rings is 1. The third kappa shape index (κ3) is 3.78. The summed E-state index contributed by atoms with van der Waals surface area (Å²) < 4.78 is 51.1. The van der Waals surface area contributed by atoms with E-state index >= 15 is 0 Å². The molecule has 1 fully saturated rings. The first-order chi connectivity index (χ1) is 9.29. The van der Waals surface area contributed by atoms with Crippen molar-refractivity contribution in [2.75, 3.05) is 19.3 Å². The fraction of sp³-hybridized carbons (Fsp3) is 0.500.